The number of carbonyl (C=O) groups is 1. The first-order chi connectivity index (χ1) is 9.31. The van der Waals surface area contributed by atoms with E-state index in [9.17, 15) is 4.79 Å². The Morgan fingerprint density at radius 2 is 2.26 bits per heavy atom. The number of benzene rings is 1. The van der Waals surface area contributed by atoms with E-state index in [0.717, 1.165) is 24.0 Å². The molecule has 4 nitrogen and oxygen atoms in total. The first-order valence-electron chi connectivity index (χ1n) is 6.20. The van der Waals surface area contributed by atoms with E-state index < -0.39 is 0 Å². The minimum atomic E-state index is 0.538. The molecule has 0 amide bonds. The van der Waals surface area contributed by atoms with Crippen LogP contribution in [0, 0.1) is 0 Å². The van der Waals surface area contributed by atoms with Crippen molar-refractivity contribution in [3.8, 4) is 11.3 Å². The Morgan fingerprint density at radius 3 is 3.05 bits per heavy atom. The number of aromatic nitrogens is 3. The molecule has 19 heavy (non-hydrogen) atoms. The summed E-state index contributed by atoms with van der Waals surface area (Å²) in [7, 11) is 0. The molecule has 0 aliphatic rings. The minimum Gasteiger partial charge on any atom is -0.344 e. The summed E-state index contributed by atoms with van der Waals surface area (Å²) in [6, 6.07) is 8.20. The third kappa shape index (κ3) is 2.01. The molecule has 3 aromatic rings. The second-order valence-corrected chi connectivity index (χ2v) is 4.37. The Balaban J connectivity index is 2.16. The summed E-state index contributed by atoms with van der Waals surface area (Å²) < 4.78 is 0. The highest BCUT2D eigenvalue weighted by Gasteiger charge is 2.08. The fourth-order valence-corrected chi connectivity index (χ4v) is 2.09. The van der Waals surface area contributed by atoms with Crippen LogP contribution in [0.2, 0.25) is 0 Å². The fraction of sp³-hybridized carbons (Fsp3) is 0.133. The number of H-pyrrole nitrogens is 1. The van der Waals surface area contributed by atoms with Crippen molar-refractivity contribution in [1.29, 1.82) is 0 Å². The van der Waals surface area contributed by atoms with Crippen LogP contribution in [0.3, 0.4) is 0 Å². The SMILES string of the molecule is CCc1cccc(-c2cnc3[nH]cc(C=O)c3n2)c1. The Kier molecular flexibility index (Phi) is 2.83. The smallest absolute Gasteiger partial charge is 0.156 e. The first-order valence-corrected chi connectivity index (χ1v) is 6.20. The Labute approximate surface area is 110 Å². The van der Waals surface area contributed by atoms with Gasteiger partial charge in [-0.15, -0.1) is 0 Å². The van der Waals surface area contributed by atoms with Crippen molar-refractivity contribution >= 4 is 17.5 Å². The van der Waals surface area contributed by atoms with Crippen LogP contribution >= 0.6 is 0 Å². The molecule has 1 aromatic carbocycles. The summed E-state index contributed by atoms with van der Waals surface area (Å²) in [5, 5.41) is 0. The fourth-order valence-electron chi connectivity index (χ4n) is 2.09. The van der Waals surface area contributed by atoms with Gasteiger partial charge in [-0.05, 0) is 18.1 Å². The lowest BCUT2D eigenvalue weighted by atomic mass is 10.1. The molecular weight excluding hydrogens is 238 g/mol. The van der Waals surface area contributed by atoms with Crippen LogP contribution in [0.1, 0.15) is 22.8 Å². The number of hydrogen-bond donors (Lipinski definition) is 1. The van der Waals surface area contributed by atoms with Gasteiger partial charge in [-0.3, -0.25) is 4.79 Å². The maximum Gasteiger partial charge on any atom is 0.156 e. The van der Waals surface area contributed by atoms with Gasteiger partial charge < -0.3 is 4.98 Å². The van der Waals surface area contributed by atoms with Crippen LogP contribution in [-0.2, 0) is 6.42 Å². The number of fused-ring (bicyclic) bond motifs is 1. The molecule has 2 heterocycles. The molecular formula is C15H13N3O. The molecule has 0 fully saturated rings. The second kappa shape index (κ2) is 4.65. The molecule has 2 aromatic heterocycles. The molecule has 0 saturated heterocycles. The van der Waals surface area contributed by atoms with E-state index in [1.165, 1.54) is 5.56 Å². The molecule has 4 heteroatoms. The highest BCUT2D eigenvalue weighted by atomic mass is 16.1. The summed E-state index contributed by atoms with van der Waals surface area (Å²) in [6.45, 7) is 2.12. The van der Waals surface area contributed by atoms with Crippen molar-refractivity contribution < 1.29 is 4.79 Å². The van der Waals surface area contributed by atoms with E-state index in [1.54, 1.807) is 12.4 Å². The van der Waals surface area contributed by atoms with Crippen LogP contribution in [0.4, 0.5) is 0 Å². The maximum atomic E-state index is 10.9. The third-order valence-electron chi connectivity index (χ3n) is 3.17. The molecule has 0 saturated carbocycles. The van der Waals surface area contributed by atoms with Crippen molar-refractivity contribution in [1.82, 2.24) is 15.0 Å². The lowest BCUT2D eigenvalue weighted by Gasteiger charge is -2.03. The Bertz CT molecular complexity index is 746. The van der Waals surface area contributed by atoms with Gasteiger partial charge in [0.05, 0.1) is 17.5 Å². The van der Waals surface area contributed by atoms with Crippen LogP contribution in [0.25, 0.3) is 22.4 Å². The van der Waals surface area contributed by atoms with Crippen molar-refractivity contribution in [2.45, 2.75) is 13.3 Å². The minimum absolute atomic E-state index is 0.538. The van der Waals surface area contributed by atoms with E-state index >= 15 is 0 Å². The molecule has 0 aliphatic heterocycles. The van der Waals surface area contributed by atoms with E-state index in [-0.39, 0.29) is 0 Å². The van der Waals surface area contributed by atoms with Gasteiger partial charge in [0.1, 0.15) is 5.52 Å². The summed E-state index contributed by atoms with van der Waals surface area (Å²) in [5.74, 6) is 0. The number of nitrogens with one attached hydrogen (secondary N) is 1. The van der Waals surface area contributed by atoms with Gasteiger partial charge in [0.15, 0.2) is 11.9 Å². The van der Waals surface area contributed by atoms with Crippen molar-refractivity contribution in [3.63, 3.8) is 0 Å². The van der Waals surface area contributed by atoms with Crippen molar-refractivity contribution in [3.05, 3.63) is 47.8 Å². The highest BCUT2D eigenvalue weighted by molar-refractivity contribution is 5.93. The normalized spacial score (nSPS) is 10.8. The quantitative estimate of drug-likeness (QED) is 0.728. The lowest BCUT2D eigenvalue weighted by molar-refractivity contribution is 0.112. The highest BCUT2D eigenvalue weighted by Crippen LogP contribution is 2.21. The summed E-state index contributed by atoms with van der Waals surface area (Å²) in [4.78, 5) is 22.7. The van der Waals surface area contributed by atoms with E-state index in [0.29, 0.717) is 16.7 Å². The third-order valence-corrected chi connectivity index (χ3v) is 3.17. The average Bonchev–Trinajstić information content (AvgIpc) is 2.89. The van der Waals surface area contributed by atoms with E-state index in [2.05, 4.69) is 34.0 Å². The molecule has 1 N–H and O–H groups in total. The number of rotatable bonds is 3. The van der Waals surface area contributed by atoms with Gasteiger partial charge in [-0.1, -0.05) is 25.1 Å². The van der Waals surface area contributed by atoms with Gasteiger partial charge in [-0.2, -0.15) is 0 Å². The molecule has 0 atom stereocenters. The molecule has 0 unspecified atom stereocenters. The zero-order valence-electron chi connectivity index (χ0n) is 10.6. The van der Waals surface area contributed by atoms with Crippen molar-refractivity contribution in [2.24, 2.45) is 0 Å². The zero-order chi connectivity index (χ0) is 13.2. The maximum absolute atomic E-state index is 10.9. The topological polar surface area (TPSA) is 58.6 Å². The number of hydrogen-bond acceptors (Lipinski definition) is 3. The van der Waals surface area contributed by atoms with E-state index in [4.69, 9.17) is 0 Å². The predicted molar refractivity (Wildman–Crippen MR) is 74.1 cm³/mol. The van der Waals surface area contributed by atoms with Crippen LogP contribution < -0.4 is 0 Å². The molecule has 0 aliphatic carbocycles. The van der Waals surface area contributed by atoms with Gasteiger partial charge in [0.25, 0.3) is 0 Å². The van der Waals surface area contributed by atoms with E-state index in [1.807, 2.05) is 12.1 Å². The second-order valence-electron chi connectivity index (χ2n) is 4.37. The number of aldehydes is 1. The van der Waals surface area contributed by atoms with Gasteiger partial charge in [0, 0.05) is 11.8 Å². The molecule has 0 spiro atoms. The van der Waals surface area contributed by atoms with Crippen LogP contribution in [0.5, 0.6) is 0 Å². The van der Waals surface area contributed by atoms with Crippen LogP contribution in [0.15, 0.2) is 36.7 Å². The largest absolute Gasteiger partial charge is 0.344 e. The number of carbonyl (C=O) groups excluding carboxylic acids is 1. The predicted octanol–water partition coefficient (Wildman–Crippen LogP) is 3.00. The summed E-state index contributed by atoms with van der Waals surface area (Å²) in [5.41, 5.74) is 4.85. The molecule has 94 valence electrons. The summed E-state index contributed by atoms with van der Waals surface area (Å²) >= 11 is 0. The first kappa shape index (κ1) is 11.6. The number of aryl methyl sites for hydroxylation is 1. The van der Waals surface area contributed by atoms with Crippen molar-refractivity contribution in [2.75, 3.05) is 0 Å². The summed E-state index contributed by atoms with van der Waals surface area (Å²) in [6.07, 6.45) is 5.12. The Morgan fingerprint density at radius 1 is 1.37 bits per heavy atom. The Hall–Kier alpha value is -2.49. The molecule has 3 rings (SSSR count). The van der Waals surface area contributed by atoms with Crippen LogP contribution in [-0.4, -0.2) is 21.2 Å². The standard InChI is InChI=1S/C15H13N3O/c1-2-10-4-3-5-11(6-10)13-8-17-15-14(18-13)12(9-19)7-16-15/h3-9H,2H2,1H3,(H,16,17). The zero-order valence-corrected chi connectivity index (χ0v) is 10.6. The number of nitrogens with zero attached hydrogens (tertiary/aromatic N) is 2. The average molecular weight is 251 g/mol. The molecule has 0 radical (unpaired) electrons. The molecule has 0 bridgehead atoms. The number of aromatic amines is 1. The lowest BCUT2D eigenvalue weighted by Crippen LogP contribution is -1.90. The van der Waals surface area contributed by atoms with Gasteiger partial charge in [-0.25, -0.2) is 9.97 Å². The van der Waals surface area contributed by atoms with Gasteiger partial charge >= 0.3 is 0 Å². The van der Waals surface area contributed by atoms with Gasteiger partial charge in [0.2, 0.25) is 0 Å². The monoisotopic (exact) mass is 251 g/mol.